The van der Waals surface area contributed by atoms with E-state index in [1.54, 1.807) is 14.2 Å². The number of methoxy groups -OCH3 is 2. The van der Waals surface area contributed by atoms with E-state index in [1.807, 2.05) is 48.5 Å². The van der Waals surface area contributed by atoms with Gasteiger partial charge in [-0.2, -0.15) is 0 Å². The molecule has 0 bridgehead atoms. The first kappa shape index (κ1) is 19.2. The third-order valence-corrected chi connectivity index (χ3v) is 4.14. The van der Waals surface area contributed by atoms with Gasteiger partial charge in [-0.25, -0.2) is 0 Å². The smallest absolute Gasteiger partial charge is 0.118 e. The maximum atomic E-state index is 10.1. The molecule has 0 saturated carbocycles. The summed E-state index contributed by atoms with van der Waals surface area (Å²) < 4.78 is 10.3. The predicted molar refractivity (Wildman–Crippen MR) is 100 cm³/mol. The molecule has 2 aromatic rings. The Kier molecular flexibility index (Phi) is 7.73. The highest BCUT2D eigenvalue weighted by Gasteiger charge is 2.09. The number of nitrogens with one attached hydrogen (secondary N) is 2. The van der Waals surface area contributed by atoms with Crippen molar-refractivity contribution in [1.29, 1.82) is 0 Å². The van der Waals surface area contributed by atoms with E-state index in [4.69, 9.17) is 9.47 Å². The van der Waals surface area contributed by atoms with Gasteiger partial charge in [0.1, 0.15) is 11.5 Å². The van der Waals surface area contributed by atoms with Crippen LogP contribution in [0.25, 0.3) is 0 Å². The molecule has 0 saturated heterocycles. The lowest BCUT2D eigenvalue weighted by Gasteiger charge is -2.18. The molecule has 5 heteroatoms. The molecular weight excluding hydrogens is 316 g/mol. The van der Waals surface area contributed by atoms with Gasteiger partial charge in [-0.05, 0) is 42.3 Å². The van der Waals surface area contributed by atoms with E-state index in [-0.39, 0.29) is 6.04 Å². The van der Waals surface area contributed by atoms with Crippen molar-refractivity contribution >= 4 is 0 Å². The lowest BCUT2D eigenvalue weighted by atomic mass is 10.1. The summed E-state index contributed by atoms with van der Waals surface area (Å²) in [6.07, 6.45) is -0.445. The van der Waals surface area contributed by atoms with Crippen LogP contribution in [0.3, 0.4) is 0 Å². The zero-order valence-corrected chi connectivity index (χ0v) is 15.2. The van der Waals surface area contributed by atoms with Crippen molar-refractivity contribution in [2.24, 2.45) is 0 Å². The second kappa shape index (κ2) is 10.0. The van der Waals surface area contributed by atoms with Gasteiger partial charge in [0.05, 0.1) is 20.3 Å². The van der Waals surface area contributed by atoms with E-state index in [9.17, 15) is 5.11 Å². The van der Waals surface area contributed by atoms with Gasteiger partial charge in [0.2, 0.25) is 0 Å². The maximum absolute atomic E-state index is 10.1. The van der Waals surface area contributed by atoms with Crippen molar-refractivity contribution in [3.8, 4) is 11.5 Å². The molecular formula is C20H28N2O3. The SMILES string of the molecule is COc1ccc(CNCC(O)CNC(C)c2ccc(OC)cc2)cc1. The summed E-state index contributed by atoms with van der Waals surface area (Å²) in [6.45, 7) is 3.87. The Morgan fingerprint density at radius 1 is 0.880 bits per heavy atom. The van der Waals surface area contributed by atoms with Crippen molar-refractivity contribution in [1.82, 2.24) is 10.6 Å². The van der Waals surface area contributed by atoms with E-state index in [2.05, 4.69) is 17.6 Å². The van der Waals surface area contributed by atoms with Crippen molar-refractivity contribution in [2.45, 2.75) is 25.6 Å². The number of aliphatic hydroxyl groups is 1. The van der Waals surface area contributed by atoms with Crippen LogP contribution < -0.4 is 20.1 Å². The molecule has 3 N–H and O–H groups in total. The van der Waals surface area contributed by atoms with Crippen LogP contribution in [0.5, 0.6) is 11.5 Å². The molecule has 2 unspecified atom stereocenters. The van der Waals surface area contributed by atoms with Gasteiger partial charge in [-0.15, -0.1) is 0 Å². The summed E-state index contributed by atoms with van der Waals surface area (Å²) >= 11 is 0. The Morgan fingerprint density at radius 3 is 2.00 bits per heavy atom. The number of rotatable bonds is 10. The van der Waals surface area contributed by atoms with Crippen molar-refractivity contribution in [3.05, 3.63) is 59.7 Å². The number of ether oxygens (including phenoxy) is 2. The molecule has 0 aromatic heterocycles. The van der Waals surface area contributed by atoms with Crippen LogP contribution in [0.2, 0.25) is 0 Å². The van der Waals surface area contributed by atoms with Crippen LogP contribution in [-0.4, -0.2) is 38.5 Å². The largest absolute Gasteiger partial charge is 0.497 e. The van der Waals surface area contributed by atoms with Crippen LogP contribution in [0.4, 0.5) is 0 Å². The van der Waals surface area contributed by atoms with Gasteiger partial charge < -0.3 is 25.2 Å². The van der Waals surface area contributed by atoms with Gasteiger partial charge >= 0.3 is 0 Å². The quantitative estimate of drug-likeness (QED) is 0.618. The van der Waals surface area contributed by atoms with E-state index in [1.165, 1.54) is 5.56 Å². The normalized spacial score (nSPS) is 13.3. The minimum absolute atomic E-state index is 0.169. The Balaban J connectivity index is 1.67. The number of hydrogen-bond donors (Lipinski definition) is 3. The molecule has 0 heterocycles. The Bertz CT molecular complexity index is 614. The van der Waals surface area contributed by atoms with Crippen molar-refractivity contribution in [2.75, 3.05) is 27.3 Å². The van der Waals surface area contributed by atoms with E-state index < -0.39 is 6.10 Å². The average Bonchev–Trinajstić information content (AvgIpc) is 2.66. The molecule has 136 valence electrons. The predicted octanol–water partition coefficient (Wildman–Crippen LogP) is 2.51. The van der Waals surface area contributed by atoms with Gasteiger partial charge in [-0.3, -0.25) is 0 Å². The fourth-order valence-corrected chi connectivity index (χ4v) is 2.52. The monoisotopic (exact) mass is 344 g/mol. The number of hydrogen-bond acceptors (Lipinski definition) is 5. The standard InChI is InChI=1S/C20H28N2O3/c1-15(17-6-10-20(25-3)11-7-17)22-14-18(23)13-21-12-16-4-8-19(24-2)9-5-16/h4-11,15,18,21-23H,12-14H2,1-3H3. The topological polar surface area (TPSA) is 62.8 Å². The van der Waals surface area contributed by atoms with Crippen molar-refractivity contribution < 1.29 is 14.6 Å². The lowest BCUT2D eigenvalue weighted by molar-refractivity contribution is 0.164. The second-order valence-corrected chi connectivity index (χ2v) is 6.04. The Morgan fingerprint density at radius 2 is 1.44 bits per heavy atom. The summed E-state index contributed by atoms with van der Waals surface area (Å²) in [4.78, 5) is 0. The fourth-order valence-electron chi connectivity index (χ4n) is 2.52. The zero-order valence-electron chi connectivity index (χ0n) is 15.2. The molecule has 0 aliphatic rings. The molecule has 0 radical (unpaired) electrons. The van der Waals surface area contributed by atoms with E-state index in [0.717, 1.165) is 23.6 Å². The van der Waals surface area contributed by atoms with Crippen LogP contribution >= 0.6 is 0 Å². The number of benzene rings is 2. The molecule has 25 heavy (non-hydrogen) atoms. The maximum Gasteiger partial charge on any atom is 0.118 e. The van der Waals surface area contributed by atoms with Gasteiger partial charge in [0.25, 0.3) is 0 Å². The first-order chi connectivity index (χ1) is 12.1. The molecule has 2 atom stereocenters. The minimum Gasteiger partial charge on any atom is -0.497 e. The van der Waals surface area contributed by atoms with Crippen LogP contribution in [-0.2, 0) is 6.54 Å². The molecule has 2 aromatic carbocycles. The molecule has 0 spiro atoms. The summed E-state index contributed by atoms with van der Waals surface area (Å²) in [6, 6.07) is 16.0. The second-order valence-electron chi connectivity index (χ2n) is 6.04. The van der Waals surface area contributed by atoms with Crippen LogP contribution in [0.1, 0.15) is 24.1 Å². The summed E-state index contributed by atoms with van der Waals surface area (Å²) in [5.74, 6) is 1.69. The van der Waals surface area contributed by atoms with Gasteiger partial charge in [0, 0.05) is 25.7 Å². The summed E-state index contributed by atoms with van der Waals surface area (Å²) in [5, 5.41) is 16.7. The van der Waals surface area contributed by atoms with E-state index in [0.29, 0.717) is 13.1 Å². The Labute approximate surface area is 150 Å². The number of aliphatic hydroxyl groups excluding tert-OH is 1. The highest BCUT2D eigenvalue weighted by Crippen LogP contribution is 2.17. The van der Waals surface area contributed by atoms with Crippen molar-refractivity contribution in [3.63, 3.8) is 0 Å². The highest BCUT2D eigenvalue weighted by atomic mass is 16.5. The lowest BCUT2D eigenvalue weighted by Crippen LogP contribution is -2.36. The van der Waals surface area contributed by atoms with Crippen LogP contribution in [0, 0.1) is 0 Å². The third-order valence-electron chi connectivity index (χ3n) is 4.14. The van der Waals surface area contributed by atoms with Gasteiger partial charge in [0.15, 0.2) is 0 Å². The van der Waals surface area contributed by atoms with Gasteiger partial charge in [-0.1, -0.05) is 24.3 Å². The summed E-state index contributed by atoms with van der Waals surface area (Å²) in [5.41, 5.74) is 2.33. The highest BCUT2D eigenvalue weighted by molar-refractivity contribution is 5.29. The molecule has 0 aliphatic heterocycles. The molecule has 0 fully saturated rings. The molecule has 0 aliphatic carbocycles. The molecule has 2 rings (SSSR count). The molecule has 5 nitrogen and oxygen atoms in total. The zero-order chi connectivity index (χ0) is 18.1. The van der Waals surface area contributed by atoms with Crippen LogP contribution in [0.15, 0.2) is 48.5 Å². The summed E-state index contributed by atoms with van der Waals surface area (Å²) in [7, 11) is 3.32. The third kappa shape index (κ3) is 6.38. The molecule has 0 amide bonds. The first-order valence-electron chi connectivity index (χ1n) is 8.51. The Hall–Kier alpha value is -2.08. The minimum atomic E-state index is -0.445. The van der Waals surface area contributed by atoms with E-state index >= 15 is 0 Å². The fraction of sp³-hybridized carbons (Fsp3) is 0.400. The average molecular weight is 344 g/mol. The first-order valence-corrected chi connectivity index (χ1v) is 8.51.